The molecular weight excluding hydrogens is 328 g/mol. The van der Waals surface area contributed by atoms with E-state index < -0.39 is 0 Å². The van der Waals surface area contributed by atoms with Crippen LogP contribution in [0.4, 0.5) is 0 Å². The third-order valence-electron chi connectivity index (χ3n) is 3.52. The predicted octanol–water partition coefficient (Wildman–Crippen LogP) is 4.32. The molecule has 0 saturated carbocycles. The topological polar surface area (TPSA) is 52.1 Å². The summed E-state index contributed by atoms with van der Waals surface area (Å²) in [6.45, 7) is 3.89. The number of aryl methyl sites for hydroxylation is 1. The highest BCUT2D eigenvalue weighted by Crippen LogP contribution is 2.39. The molecule has 0 saturated heterocycles. The molecule has 2 aromatic heterocycles. The van der Waals surface area contributed by atoms with Crippen molar-refractivity contribution >= 4 is 39.3 Å². The number of ether oxygens (including phenoxy) is 1. The Balaban J connectivity index is 2.07. The van der Waals surface area contributed by atoms with E-state index in [4.69, 9.17) is 4.74 Å². The van der Waals surface area contributed by atoms with Crippen LogP contribution in [0, 0.1) is 6.92 Å². The molecule has 118 valence electrons. The van der Waals surface area contributed by atoms with E-state index in [2.05, 4.69) is 46.5 Å². The minimum absolute atomic E-state index is 0.256. The van der Waals surface area contributed by atoms with Crippen molar-refractivity contribution in [3.05, 3.63) is 41.5 Å². The van der Waals surface area contributed by atoms with Gasteiger partial charge in [-0.2, -0.15) is 0 Å². The lowest BCUT2D eigenvalue weighted by molar-refractivity contribution is -0.139. The molecule has 6 heteroatoms. The molecule has 23 heavy (non-hydrogen) atoms. The lowest BCUT2D eigenvalue weighted by atomic mass is 10.1. The zero-order valence-electron chi connectivity index (χ0n) is 13.1. The van der Waals surface area contributed by atoms with Gasteiger partial charge in [-0.25, -0.2) is 9.97 Å². The van der Waals surface area contributed by atoms with Gasteiger partial charge in [0.05, 0.1) is 12.5 Å². The third kappa shape index (κ3) is 3.23. The molecule has 2 heterocycles. The normalized spacial score (nSPS) is 12.3. The van der Waals surface area contributed by atoms with Gasteiger partial charge in [0.25, 0.3) is 0 Å². The van der Waals surface area contributed by atoms with Crippen LogP contribution in [0.3, 0.4) is 0 Å². The van der Waals surface area contributed by atoms with E-state index in [0.717, 1.165) is 26.4 Å². The average Bonchev–Trinajstić information content (AvgIpc) is 3.00. The van der Waals surface area contributed by atoms with Crippen molar-refractivity contribution in [1.82, 2.24) is 9.97 Å². The molecule has 0 bridgehead atoms. The van der Waals surface area contributed by atoms with Gasteiger partial charge in [0.15, 0.2) is 0 Å². The Labute approximate surface area is 142 Å². The van der Waals surface area contributed by atoms with Gasteiger partial charge >= 0.3 is 5.97 Å². The zero-order valence-corrected chi connectivity index (χ0v) is 14.7. The number of carbonyl (C=O) groups is 1. The van der Waals surface area contributed by atoms with Gasteiger partial charge in [0, 0.05) is 10.9 Å². The maximum absolute atomic E-state index is 11.7. The van der Waals surface area contributed by atoms with Gasteiger partial charge in [-0.05, 0) is 19.4 Å². The average molecular weight is 344 g/mol. The van der Waals surface area contributed by atoms with Crippen molar-refractivity contribution in [3.63, 3.8) is 0 Å². The molecule has 0 aliphatic heterocycles. The van der Waals surface area contributed by atoms with Crippen LogP contribution >= 0.6 is 23.1 Å². The highest BCUT2D eigenvalue weighted by atomic mass is 32.2. The quantitative estimate of drug-likeness (QED) is 0.401. The first-order valence-corrected chi connectivity index (χ1v) is 8.90. The molecule has 0 aliphatic rings. The van der Waals surface area contributed by atoms with Crippen LogP contribution in [-0.4, -0.2) is 28.3 Å². The Bertz CT molecular complexity index is 843. The minimum Gasteiger partial charge on any atom is -0.468 e. The Morgan fingerprint density at radius 2 is 2.00 bits per heavy atom. The smallest absolute Gasteiger partial charge is 0.318 e. The van der Waals surface area contributed by atoms with Crippen molar-refractivity contribution in [2.24, 2.45) is 0 Å². The number of hydrogen-bond donors (Lipinski definition) is 0. The highest BCUT2D eigenvalue weighted by molar-refractivity contribution is 8.00. The van der Waals surface area contributed by atoms with E-state index in [1.54, 1.807) is 17.7 Å². The maximum atomic E-state index is 11.7. The van der Waals surface area contributed by atoms with Crippen LogP contribution in [0.15, 0.2) is 41.0 Å². The summed E-state index contributed by atoms with van der Waals surface area (Å²) in [5.74, 6) is -0.256. The van der Waals surface area contributed by atoms with E-state index in [0.29, 0.717) is 0 Å². The van der Waals surface area contributed by atoms with Crippen LogP contribution in [0.25, 0.3) is 21.3 Å². The second kappa shape index (κ2) is 6.68. The standard InChI is InChI=1S/C17H16N2O2S2/c1-10-4-6-12(7-5-10)13-8-22-15-14(13)16(19-9-18-15)23-11(2)17(20)21-3/h4-9,11H,1-3H3/t11-/m0/s1. The summed E-state index contributed by atoms with van der Waals surface area (Å²) in [6, 6.07) is 8.38. The molecule has 0 aliphatic carbocycles. The van der Waals surface area contributed by atoms with Gasteiger partial charge in [-0.15, -0.1) is 11.3 Å². The van der Waals surface area contributed by atoms with Gasteiger partial charge in [-0.1, -0.05) is 41.6 Å². The van der Waals surface area contributed by atoms with E-state index >= 15 is 0 Å². The molecule has 3 rings (SSSR count). The molecule has 0 N–H and O–H groups in total. The number of hydrogen-bond acceptors (Lipinski definition) is 6. The van der Waals surface area contributed by atoms with Crippen molar-refractivity contribution in [2.45, 2.75) is 24.1 Å². The third-order valence-corrected chi connectivity index (χ3v) is 5.48. The van der Waals surface area contributed by atoms with Crippen molar-refractivity contribution in [2.75, 3.05) is 7.11 Å². The summed E-state index contributed by atoms with van der Waals surface area (Å²) in [7, 11) is 1.40. The molecule has 1 aromatic carbocycles. The summed E-state index contributed by atoms with van der Waals surface area (Å²) in [4.78, 5) is 21.4. The SMILES string of the molecule is COC(=O)[C@H](C)Sc1ncnc2scc(-c3ccc(C)cc3)c12. The number of thiophene rings is 1. The second-order valence-electron chi connectivity index (χ2n) is 5.16. The Kier molecular flexibility index (Phi) is 4.63. The highest BCUT2D eigenvalue weighted by Gasteiger charge is 2.20. The molecule has 0 amide bonds. The fraction of sp³-hybridized carbons (Fsp3) is 0.235. The van der Waals surface area contributed by atoms with E-state index in [1.165, 1.54) is 24.4 Å². The van der Waals surface area contributed by atoms with Crippen LogP contribution in [0.5, 0.6) is 0 Å². The summed E-state index contributed by atoms with van der Waals surface area (Å²) in [6.07, 6.45) is 1.55. The first-order chi connectivity index (χ1) is 11.1. The molecule has 4 nitrogen and oxygen atoms in total. The number of fused-ring (bicyclic) bond motifs is 1. The Hall–Kier alpha value is -1.92. The van der Waals surface area contributed by atoms with Crippen molar-refractivity contribution < 1.29 is 9.53 Å². The Morgan fingerprint density at radius 1 is 1.26 bits per heavy atom. The number of esters is 1. The summed E-state index contributed by atoms with van der Waals surface area (Å²) < 4.78 is 4.81. The van der Waals surface area contributed by atoms with Gasteiger partial charge in [0.1, 0.15) is 21.4 Å². The first-order valence-electron chi connectivity index (χ1n) is 7.14. The molecule has 1 atom stereocenters. The van der Waals surface area contributed by atoms with Crippen molar-refractivity contribution in [3.8, 4) is 11.1 Å². The summed E-state index contributed by atoms with van der Waals surface area (Å²) >= 11 is 2.99. The largest absolute Gasteiger partial charge is 0.468 e. The second-order valence-corrected chi connectivity index (χ2v) is 7.35. The number of methoxy groups -OCH3 is 1. The lowest BCUT2D eigenvalue weighted by Gasteiger charge is -2.10. The number of benzene rings is 1. The fourth-order valence-electron chi connectivity index (χ4n) is 2.26. The van der Waals surface area contributed by atoms with Crippen LogP contribution in [0.2, 0.25) is 0 Å². The molecule has 0 fully saturated rings. The molecule has 0 unspecified atom stereocenters. The number of thioether (sulfide) groups is 1. The van der Waals surface area contributed by atoms with E-state index in [-0.39, 0.29) is 11.2 Å². The number of aromatic nitrogens is 2. The van der Waals surface area contributed by atoms with Crippen LogP contribution in [0.1, 0.15) is 12.5 Å². The number of nitrogens with zero attached hydrogens (tertiary/aromatic N) is 2. The van der Waals surface area contributed by atoms with Gasteiger partial charge < -0.3 is 4.74 Å². The summed E-state index contributed by atoms with van der Waals surface area (Å²) in [5, 5.41) is 3.59. The monoisotopic (exact) mass is 344 g/mol. The molecular formula is C17H16N2O2S2. The number of rotatable bonds is 4. The van der Waals surface area contributed by atoms with Crippen LogP contribution < -0.4 is 0 Å². The van der Waals surface area contributed by atoms with E-state index in [9.17, 15) is 4.79 Å². The fourth-order valence-corrected chi connectivity index (χ4v) is 4.20. The maximum Gasteiger partial charge on any atom is 0.318 e. The lowest BCUT2D eigenvalue weighted by Crippen LogP contribution is -2.14. The van der Waals surface area contributed by atoms with Gasteiger partial charge in [0.2, 0.25) is 0 Å². The Morgan fingerprint density at radius 3 is 2.70 bits per heavy atom. The summed E-state index contributed by atoms with van der Waals surface area (Å²) in [5.41, 5.74) is 3.45. The van der Waals surface area contributed by atoms with E-state index in [1.807, 2.05) is 6.92 Å². The molecule has 3 aromatic rings. The van der Waals surface area contributed by atoms with Gasteiger partial charge in [-0.3, -0.25) is 4.79 Å². The zero-order chi connectivity index (χ0) is 16.4. The molecule has 0 radical (unpaired) electrons. The predicted molar refractivity (Wildman–Crippen MR) is 94.9 cm³/mol. The number of carbonyl (C=O) groups excluding carboxylic acids is 1. The minimum atomic E-state index is -0.316. The molecule has 0 spiro atoms. The van der Waals surface area contributed by atoms with Crippen LogP contribution in [-0.2, 0) is 9.53 Å². The van der Waals surface area contributed by atoms with Crippen molar-refractivity contribution in [1.29, 1.82) is 0 Å². The first kappa shape index (κ1) is 16.0.